The summed E-state index contributed by atoms with van der Waals surface area (Å²) in [6.07, 6.45) is 0. The fourth-order valence-corrected chi connectivity index (χ4v) is 5.83. The lowest BCUT2D eigenvalue weighted by Crippen LogP contribution is -2.19. The summed E-state index contributed by atoms with van der Waals surface area (Å²) in [6, 6.07) is 26.7. The van der Waals surface area contributed by atoms with Crippen LogP contribution in [0.5, 0.6) is 0 Å². The average Bonchev–Trinajstić information content (AvgIpc) is 2.89. The molecule has 194 valence electrons. The van der Waals surface area contributed by atoms with E-state index in [2.05, 4.69) is 10.0 Å². The Hall–Kier alpha value is -3.79. The third-order valence-corrected chi connectivity index (χ3v) is 8.49. The number of carbonyl (C=O) groups excluding carboxylic acids is 1. The lowest BCUT2D eigenvalue weighted by molar-refractivity contribution is -0.115. The van der Waals surface area contributed by atoms with Crippen molar-refractivity contribution in [1.82, 2.24) is 0 Å². The van der Waals surface area contributed by atoms with Crippen LogP contribution in [0.1, 0.15) is 26.7 Å². The molecule has 4 aromatic rings. The number of halogens is 1. The Morgan fingerprint density at radius 1 is 0.868 bits per heavy atom. The zero-order valence-corrected chi connectivity index (χ0v) is 22.5. The van der Waals surface area contributed by atoms with Gasteiger partial charge in [-0.05, 0) is 67.1 Å². The number of hydrogen-bond donors (Lipinski definition) is 3. The van der Waals surface area contributed by atoms with E-state index in [4.69, 9.17) is 11.6 Å². The smallest absolute Gasteiger partial charge is 0.337 e. The monoisotopic (exact) mass is 566 g/mol. The molecule has 0 aliphatic heterocycles. The number of amides is 1. The Balaban J connectivity index is 1.53. The molecule has 0 saturated heterocycles. The number of aromatic carboxylic acids is 1. The van der Waals surface area contributed by atoms with E-state index in [1.165, 1.54) is 30.0 Å². The Morgan fingerprint density at radius 3 is 2.13 bits per heavy atom. The molecular weight excluding hydrogens is 544 g/mol. The van der Waals surface area contributed by atoms with Gasteiger partial charge in [-0.25, -0.2) is 13.2 Å². The highest BCUT2D eigenvalue weighted by Crippen LogP contribution is 2.37. The van der Waals surface area contributed by atoms with Crippen molar-refractivity contribution in [2.75, 3.05) is 10.0 Å². The van der Waals surface area contributed by atoms with Crippen LogP contribution in [0.2, 0.25) is 5.02 Å². The predicted octanol–water partition coefficient (Wildman–Crippen LogP) is 6.62. The van der Waals surface area contributed by atoms with E-state index in [1.54, 1.807) is 48.5 Å². The second-order valence-corrected chi connectivity index (χ2v) is 11.6. The second kappa shape index (κ2) is 11.7. The number of sulfonamides is 1. The van der Waals surface area contributed by atoms with Crippen molar-refractivity contribution in [3.05, 3.63) is 119 Å². The summed E-state index contributed by atoms with van der Waals surface area (Å²) in [5.74, 6) is -1.55. The zero-order chi connectivity index (χ0) is 27.3. The minimum absolute atomic E-state index is 0.0718. The van der Waals surface area contributed by atoms with Crippen molar-refractivity contribution in [2.45, 2.75) is 22.0 Å². The van der Waals surface area contributed by atoms with E-state index in [9.17, 15) is 23.1 Å². The summed E-state index contributed by atoms with van der Waals surface area (Å²) in [5.41, 5.74) is 2.28. The van der Waals surface area contributed by atoms with Gasteiger partial charge < -0.3 is 10.4 Å². The summed E-state index contributed by atoms with van der Waals surface area (Å²) in [6.45, 7) is 1.88. The Labute approximate surface area is 229 Å². The molecule has 0 heterocycles. The van der Waals surface area contributed by atoms with Gasteiger partial charge in [0, 0.05) is 16.3 Å². The molecule has 0 bridgehead atoms. The van der Waals surface area contributed by atoms with E-state index < -0.39 is 21.2 Å². The minimum Gasteiger partial charge on any atom is -0.478 e. The molecule has 1 amide bonds. The first-order chi connectivity index (χ1) is 18.1. The number of carboxylic acid groups (broad SMARTS) is 1. The number of thioether (sulfide) groups is 1. The van der Waals surface area contributed by atoms with Crippen molar-refractivity contribution >= 4 is 56.6 Å². The van der Waals surface area contributed by atoms with Gasteiger partial charge in [-0.1, -0.05) is 59.6 Å². The number of hydrogen-bond acceptors (Lipinski definition) is 5. The van der Waals surface area contributed by atoms with Crippen molar-refractivity contribution in [3.8, 4) is 0 Å². The highest BCUT2D eigenvalue weighted by molar-refractivity contribution is 8.00. The van der Waals surface area contributed by atoms with Gasteiger partial charge in [-0.3, -0.25) is 9.52 Å². The second-order valence-electron chi connectivity index (χ2n) is 8.34. The van der Waals surface area contributed by atoms with Crippen LogP contribution >= 0.6 is 23.4 Å². The third kappa shape index (κ3) is 6.74. The topological polar surface area (TPSA) is 113 Å². The highest BCUT2D eigenvalue weighted by atomic mass is 35.5. The van der Waals surface area contributed by atoms with E-state index in [1.807, 2.05) is 37.3 Å². The molecule has 1 unspecified atom stereocenters. The third-order valence-electron chi connectivity index (χ3n) is 5.50. The highest BCUT2D eigenvalue weighted by Gasteiger charge is 2.23. The fourth-order valence-electron chi connectivity index (χ4n) is 3.54. The summed E-state index contributed by atoms with van der Waals surface area (Å²) >= 11 is 7.22. The van der Waals surface area contributed by atoms with Gasteiger partial charge in [0.1, 0.15) is 5.25 Å². The molecule has 4 rings (SSSR count). The van der Waals surface area contributed by atoms with Gasteiger partial charge in [-0.2, -0.15) is 0 Å². The maximum atomic E-state index is 13.3. The van der Waals surface area contributed by atoms with Crippen LogP contribution in [-0.2, 0) is 14.8 Å². The fraction of sp³-hybridized carbons (Fsp3) is 0.0714. The van der Waals surface area contributed by atoms with E-state index in [0.29, 0.717) is 11.4 Å². The summed E-state index contributed by atoms with van der Waals surface area (Å²) in [4.78, 5) is 25.6. The van der Waals surface area contributed by atoms with Crippen LogP contribution in [0.4, 0.5) is 11.4 Å². The predicted molar refractivity (Wildman–Crippen MR) is 151 cm³/mol. The molecule has 0 aliphatic carbocycles. The van der Waals surface area contributed by atoms with Crippen molar-refractivity contribution in [2.24, 2.45) is 0 Å². The van der Waals surface area contributed by atoms with Gasteiger partial charge in [0.25, 0.3) is 10.0 Å². The molecule has 0 fully saturated rings. The Bertz CT molecular complexity index is 1560. The standard InChI is InChI=1S/C28H23ClN2O5S2/c1-18-7-14-23(15-8-18)38(35,36)31-20-9-12-22(13-10-20)37-26(19-5-3-2-4-6-19)27(32)30-21-11-16-25(29)24(17-21)28(33)34/h2-17,26,31H,1H3,(H,30,32)(H,33,34). The van der Waals surface area contributed by atoms with Crippen molar-refractivity contribution in [1.29, 1.82) is 0 Å². The van der Waals surface area contributed by atoms with Gasteiger partial charge in [-0.15, -0.1) is 11.8 Å². The lowest BCUT2D eigenvalue weighted by atomic mass is 10.1. The quantitative estimate of drug-likeness (QED) is 0.196. The van der Waals surface area contributed by atoms with E-state index in [-0.39, 0.29) is 21.4 Å². The average molecular weight is 567 g/mol. The van der Waals surface area contributed by atoms with Crippen LogP contribution in [0.25, 0.3) is 0 Å². The number of aryl methyl sites for hydroxylation is 1. The molecule has 0 saturated carbocycles. The molecule has 3 N–H and O–H groups in total. The molecule has 7 nitrogen and oxygen atoms in total. The number of benzene rings is 4. The first-order valence-corrected chi connectivity index (χ1v) is 14.1. The van der Waals surface area contributed by atoms with Gasteiger partial charge in [0.15, 0.2) is 0 Å². The number of carboxylic acids is 1. The molecule has 0 aliphatic rings. The Morgan fingerprint density at radius 2 is 1.50 bits per heavy atom. The summed E-state index contributed by atoms with van der Waals surface area (Å²) < 4.78 is 28.0. The van der Waals surface area contributed by atoms with Crippen LogP contribution in [0.15, 0.2) is 107 Å². The number of carbonyl (C=O) groups is 2. The van der Waals surface area contributed by atoms with Crippen LogP contribution in [0, 0.1) is 6.92 Å². The lowest BCUT2D eigenvalue weighted by Gasteiger charge is -2.18. The molecule has 1 atom stereocenters. The van der Waals surface area contributed by atoms with Gasteiger partial charge in [0.2, 0.25) is 5.91 Å². The first kappa shape index (κ1) is 27.3. The Kier molecular flexibility index (Phi) is 8.41. The zero-order valence-electron chi connectivity index (χ0n) is 20.1. The summed E-state index contributed by atoms with van der Waals surface area (Å²) in [5, 5.41) is 11.5. The molecule has 10 heteroatoms. The van der Waals surface area contributed by atoms with Gasteiger partial charge in [0.05, 0.1) is 15.5 Å². The minimum atomic E-state index is -3.74. The van der Waals surface area contributed by atoms with E-state index >= 15 is 0 Å². The maximum Gasteiger partial charge on any atom is 0.337 e. The van der Waals surface area contributed by atoms with Crippen LogP contribution < -0.4 is 10.0 Å². The number of rotatable bonds is 9. The first-order valence-electron chi connectivity index (χ1n) is 11.4. The van der Waals surface area contributed by atoms with E-state index in [0.717, 1.165) is 16.0 Å². The number of anilines is 2. The van der Waals surface area contributed by atoms with Crippen LogP contribution in [-0.4, -0.2) is 25.4 Å². The number of nitrogens with one attached hydrogen (secondary N) is 2. The van der Waals surface area contributed by atoms with Crippen molar-refractivity contribution in [3.63, 3.8) is 0 Å². The largest absolute Gasteiger partial charge is 0.478 e. The molecular formula is C28H23ClN2O5S2. The van der Waals surface area contributed by atoms with Crippen LogP contribution in [0.3, 0.4) is 0 Å². The molecule has 38 heavy (non-hydrogen) atoms. The molecule has 0 aromatic heterocycles. The van der Waals surface area contributed by atoms with Gasteiger partial charge >= 0.3 is 5.97 Å². The van der Waals surface area contributed by atoms with Crippen molar-refractivity contribution < 1.29 is 23.1 Å². The summed E-state index contributed by atoms with van der Waals surface area (Å²) in [7, 11) is -3.74. The normalized spacial score (nSPS) is 11.9. The maximum absolute atomic E-state index is 13.3. The SMILES string of the molecule is Cc1ccc(S(=O)(=O)Nc2ccc(SC(C(=O)Nc3ccc(Cl)c(C(=O)O)c3)c3ccccc3)cc2)cc1. The molecule has 0 spiro atoms. The molecule has 4 aromatic carbocycles. The molecule has 0 radical (unpaired) electrons.